The quantitative estimate of drug-likeness (QED) is 0.854. The van der Waals surface area contributed by atoms with Crippen LogP contribution in [0.1, 0.15) is 17.4 Å². The first-order chi connectivity index (χ1) is 7.72. The van der Waals surface area contributed by atoms with Crippen molar-refractivity contribution < 1.29 is 4.39 Å². The predicted molar refractivity (Wildman–Crippen MR) is 60.5 cm³/mol. The van der Waals surface area contributed by atoms with Crippen molar-refractivity contribution in [2.45, 2.75) is 6.04 Å². The van der Waals surface area contributed by atoms with Crippen LogP contribution in [0.5, 0.6) is 0 Å². The molecule has 1 atom stereocenters. The number of aryl methyl sites for hydroxylation is 1. The van der Waals surface area contributed by atoms with Crippen LogP contribution in [0.15, 0.2) is 36.7 Å². The van der Waals surface area contributed by atoms with Crippen LogP contribution in [0.4, 0.5) is 4.39 Å². The molecule has 3 nitrogen and oxygen atoms in total. The maximum Gasteiger partial charge on any atom is 0.130 e. The fourth-order valence-corrected chi connectivity index (χ4v) is 1.79. The fourth-order valence-electron chi connectivity index (χ4n) is 1.79. The number of aromatic nitrogens is 2. The third-order valence-electron chi connectivity index (χ3n) is 2.59. The standard InChI is InChI=1S/C12H14FN3/c1-14-11(12-15-6-7-16(12)2)9-4-3-5-10(13)8-9/h3-8,11,14H,1-2H3/t11-/m1/s1. The summed E-state index contributed by atoms with van der Waals surface area (Å²) in [5, 5.41) is 3.14. The molecule has 1 aromatic heterocycles. The molecule has 16 heavy (non-hydrogen) atoms. The zero-order valence-corrected chi connectivity index (χ0v) is 9.31. The molecule has 0 aliphatic carbocycles. The smallest absolute Gasteiger partial charge is 0.130 e. The van der Waals surface area contributed by atoms with E-state index in [1.165, 1.54) is 12.1 Å². The monoisotopic (exact) mass is 219 g/mol. The van der Waals surface area contributed by atoms with Crippen molar-refractivity contribution in [2.75, 3.05) is 7.05 Å². The zero-order valence-electron chi connectivity index (χ0n) is 9.31. The molecule has 1 aromatic carbocycles. The second-order valence-corrected chi connectivity index (χ2v) is 3.67. The Bertz CT molecular complexity index is 479. The molecule has 0 amide bonds. The summed E-state index contributed by atoms with van der Waals surface area (Å²) in [5.74, 6) is 0.639. The van der Waals surface area contributed by atoms with Gasteiger partial charge in [0.05, 0.1) is 6.04 Å². The summed E-state index contributed by atoms with van der Waals surface area (Å²) in [4.78, 5) is 4.27. The SMILES string of the molecule is CN[C@H](c1cccc(F)c1)c1nccn1C. The third kappa shape index (κ3) is 1.97. The Morgan fingerprint density at radius 2 is 2.25 bits per heavy atom. The van der Waals surface area contributed by atoms with E-state index in [-0.39, 0.29) is 11.9 Å². The van der Waals surface area contributed by atoms with Crippen molar-refractivity contribution in [3.63, 3.8) is 0 Å². The molecule has 4 heteroatoms. The molecule has 2 rings (SSSR count). The normalized spacial score (nSPS) is 12.7. The first kappa shape index (κ1) is 10.8. The lowest BCUT2D eigenvalue weighted by molar-refractivity contribution is 0.596. The Kier molecular flexibility index (Phi) is 3.01. The summed E-state index contributed by atoms with van der Waals surface area (Å²) in [6.07, 6.45) is 3.61. The van der Waals surface area contributed by atoms with E-state index in [9.17, 15) is 4.39 Å². The van der Waals surface area contributed by atoms with Gasteiger partial charge in [0.1, 0.15) is 11.6 Å². The second kappa shape index (κ2) is 4.45. The first-order valence-electron chi connectivity index (χ1n) is 5.12. The number of nitrogens with one attached hydrogen (secondary N) is 1. The Hall–Kier alpha value is -1.68. The van der Waals surface area contributed by atoms with Gasteiger partial charge in [-0.15, -0.1) is 0 Å². The lowest BCUT2D eigenvalue weighted by atomic mass is 10.1. The van der Waals surface area contributed by atoms with Gasteiger partial charge in [0.15, 0.2) is 0 Å². The van der Waals surface area contributed by atoms with Gasteiger partial charge in [-0.3, -0.25) is 0 Å². The third-order valence-corrected chi connectivity index (χ3v) is 2.59. The highest BCUT2D eigenvalue weighted by molar-refractivity contribution is 5.25. The molecule has 0 fully saturated rings. The van der Waals surface area contributed by atoms with Gasteiger partial charge >= 0.3 is 0 Å². The van der Waals surface area contributed by atoms with Crippen LogP contribution >= 0.6 is 0 Å². The second-order valence-electron chi connectivity index (χ2n) is 3.67. The maximum atomic E-state index is 13.2. The number of imidazole rings is 1. The molecule has 0 bridgehead atoms. The highest BCUT2D eigenvalue weighted by Gasteiger charge is 2.16. The minimum absolute atomic E-state index is 0.0873. The van der Waals surface area contributed by atoms with Crippen LogP contribution in [0.3, 0.4) is 0 Å². The van der Waals surface area contributed by atoms with Gasteiger partial charge in [-0.05, 0) is 24.7 Å². The summed E-state index contributed by atoms with van der Waals surface area (Å²) < 4.78 is 15.1. The Morgan fingerprint density at radius 1 is 1.44 bits per heavy atom. The van der Waals surface area contributed by atoms with E-state index in [0.717, 1.165) is 11.4 Å². The first-order valence-corrected chi connectivity index (χ1v) is 5.12. The molecule has 1 heterocycles. The average Bonchev–Trinajstić information content (AvgIpc) is 2.67. The van der Waals surface area contributed by atoms with Gasteiger partial charge in [0.25, 0.3) is 0 Å². The van der Waals surface area contributed by atoms with E-state index in [1.54, 1.807) is 12.3 Å². The largest absolute Gasteiger partial charge is 0.336 e. The van der Waals surface area contributed by atoms with Gasteiger partial charge in [-0.2, -0.15) is 0 Å². The van der Waals surface area contributed by atoms with Gasteiger partial charge < -0.3 is 9.88 Å². The Morgan fingerprint density at radius 3 is 2.81 bits per heavy atom. The lowest BCUT2D eigenvalue weighted by Gasteiger charge is -2.16. The molecule has 0 unspecified atom stereocenters. The fraction of sp³-hybridized carbons (Fsp3) is 0.250. The van der Waals surface area contributed by atoms with Crippen molar-refractivity contribution in [2.24, 2.45) is 7.05 Å². The van der Waals surface area contributed by atoms with E-state index >= 15 is 0 Å². The molecular formula is C12H14FN3. The minimum atomic E-state index is -0.230. The number of hydrogen-bond acceptors (Lipinski definition) is 2. The summed E-state index contributed by atoms with van der Waals surface area (Å²) in [7, 11) is 3.76. The Labute approximate surface area is 93.9 Å². The van der Waals surface area contributed by atoms with E-state index in [0.29, 0.717) is 0 Å². The van der Waals surface area contributed by atoms with E-state index in [1.807, 2.05) is 30.9 Å². The van der Waals surface area contributed by atoms with Crippen LogP contribution in [0, 0.1) is 5.82 Å². The molecule has 0 aliphatic heterocycles. The van der Waals surface area contributed by atoms with Crippen molar-refractivity contribution in [3.8, 4) is 0 Å². The zero-order chi connectivity index (χ0) is 11.5. The van der Waals surface area contributed by atoms with Crippen LogP contribution in [0.25, 0.3) is 0 Å². The van der Waals surface area contributed by atoms with Crippen molar-refractivity contribution in [1.29, 1.82) is 0 Å². The maximum absolute atomic E-state index is 13.2. The number of rotatable bonds is 3. The van der Waals surface area contributed by atoms with Crippen LogP contribution < -0.4 is 5.32 Å². The summed E-state index contributed by atoms with van der Waals surface area (Å²) in [5.41, 5.74) is 0.872. The number of benzene rings is 1. The van der Waals surface area contributed by atoms with Crippen molar-refractivity contribution in [3.05, 3.63) is 53.9 Å². The predicted octanol–water partition coefficient (Wildman–Crippen LogP) is 1.87. The van der Waals surface area contributed by atoms with Crippen LogP contribution in [-0.4, -0.2) is 16.6 Å². The minimum Gasteiger partial charge on any atom is -0.336 e. The summed E-state index contributed by atoms with van der Waals surface area (Å²) >= 11 is 0. The van der Waals surface area contributed by atoms with Crippen molar-refractivity contribution >= 4 is 0 Å². The average molecular weight is 219 g/mol. The summed E-state index contributed by atoms with van der Waals surface area (Å²) in [6.45, 7) is 0. The molecule has 0 aliphatic rings. The number of nitrogens with zero attached hydrogens (tertiary/aromatic N) is 2. The molecule has 0 saturated heterocycles. The molecule has 0 spiro atoms. The Balaban J connectivity index is 2.40. The summed E-state index contributed by atoms with van der Waals surface area (Å²) in [6, 6.07) is 6.47. The van der Waals surface area contributed by atoms with Gasteiger partial charge in [0.2, 0.25) is 0 Å². The van der Waals surface area contributed by atoms with Gasteiger partial charge in [-0.1, -0.05) is 12.1 Å². The van der Waals surface area contributed by atoms with E-state index < -0.39 is 0 Å². The molecule has 1 N–H and O–H groups in total. The number of halogens is 1. The molecule has 0 saturated carbocycles. The van der Waals surface area contributed by atoms with Crippen molar-refractivity contribution in [1.82, 2.24) is 14.9 Å². The lowest BCUT2D eigenvalue weighted by Crippen LogP contribution is -2.21. The highest BCUT2D eigenvalue weighted by atomic mass is 19.1. The van der Waals surface area contributed by atoms with Gasteiger partial charge in [-0.25, -0.2) is 9.37 Å². The molecular weight excluding hydrogens is 205 g/mol. The van der Waals surface area contributed by atoms with E-state index in [2.05, 4.69) is 10.3 Å². The topological polar surface area (TPSA) is 29.9 Å². The van der Waals surface area contributed by atoms with Crippen LogP contribution in [0.2, 0.25) is 0 Å². The highest BCUT2D eigenvalue weighted by Crippen LogP contribution is 2.20. The van der Waals surface area contributed by atoms with Gasteiger partial charge in [0, 0.05) is 19.4 Å². The van der Waals surface area contributed by atoms with E-state index in [4.69, 9.17) is 0 Å². The molecule has 0 radical (unpaired) electrons. The van der Waals surface area contributed by atoms with Crippen LogP contribution in [-0.2, 0) is 7.05 Å². The molecule has 2 aromatic rings. The molecule has 84 valence electrons. The number of hydrogen-bond donors (Lipinski definition) is 1.